The van der Waals surface area contributed by atoms with Crippen LogP contribution in [-0.2, 0) is 19.0 Å². The molecule has 22 heavy (non-hydrogen) atoms. The van der Waals surface area contributed by atoms with Gasteiger partial charge in [0.1, 0.15) is 0 Å². The number of esters is 1. The highest BCUT2D eigenvalue weighted by molar-refractivity contribution is 5.68. The minimum atomic E-state index is -0.0887. The van der Waals surface area contributed by atoms with Crippen LogP contribution < -0.4 is 0 Å². The second kappa shape index (κ2) is 12.9. The van der Waals surface area contributed by atoms with E-state index in [2.05, 4.69) is 0 Å². The van der Waals surface area contributed by atoms with E-state index in [9.17, 15) is 4.79 Å². The lowest BCUT2D eigenvalue weighted by atomic mass is 9.94. The van der Waals surface area contributed by atoms with Crippen LogP contribution in [0.15, 0.2) is 0 Å². The number of carbonyl (C=O) groups excluding carboxylic acids is 1. The third kappa shape index (κ3) is 8.74. The van der Waals surface area contributed by atoms with Gasteiger partial charge < -0.3 is 14.2 Å². The Morgan fingerprint density at radius 1 is 0.909 bits per heavy atom. The zero-order valence-electron chi connectivity index (χ0n) is 14.5. The molecule has 0 aromatic heterocycles. The molecule has 0 aliphatic heterocycles. The molecule has 0 spiro atoms. The first-order valence-electron chi connectivity index (χ1n) is 9.08. The van der Waals surface area contributed by atoms with E-state index >= 15 is 0 Å². The van der Waals surface area contributed by atoms with Crippen LogP contribution in [0, 0.1) is 0 Å². The van der Waals surface area contributed by atoms with Crippen LogP contribution in [0.3, 0.4) is 0 Å². The first-order valence-corrected chi connectivity index (χ1v) is 9.08. The molecule has 4 nitrogen and oxygen atoms in total. The molecular formula is C18H34O4. The largest absolute Gasteiger partial charge is 0.466 e. The highest BCUT2D eigenvalue weighted by Crippen LogP contribution is 2.23. The standard InChI is InChI=1S/C18H34O4/c1-3-18(19)22-15-11-7-5-4-6-10-14-21-17-13-9-8-12-16(17)20-2/h16-17H,3-15H2,1-2H3. The van der Waals surface area contributed by atoms with Crippen molar-refractivity contribution in [2.24, 2.45) is 0 Å². The van der Waals surface area contributed by atoms with Gasteiger partial charge in [0, 0.05) is 20.1 Å². The van der Waals surface area contributed by atoms with Gasteiger partial charge in [-0.25, -0.2) is 0 Å². The fraction of sp³-hybridized carbons (Fsp3) is 0.944. The van der Waals surface area contributed by atoms with Gasteiger partial charge in [-0.15, -0.1) is 0 Å². The van der Waals surface area contributed by atoms with E-state index in [4.69, 9.17) is 14.2 Å². The van der Waals surface area contributed by atoms with Crippen LogP contribution >= 0.6 is 0 Å². The minimum absolute atomic E-state index is 0.0887. The van der Waals surface area contributed by atoms with Gasteiger partial charge in [-0.2, -0.15) is 0 Å². The van der Waals surface area contributed by atoms with E-state index < -0.39 is 0 Å². The van der Waals surface area contributed by atoms with Crippen LogP contribution in [-0.4, -0.2) is 38.5 Å². The van der Waals surface area contributed by atoms with Gasteiger partial charge in [-0.1, -0.05) is 45.4 Å². The van der Waals surface area contributed by atoms with Gasteiger partial charge >= 0.3 is 5.97 Å². The molecule has 0 aromatic rings. The number of rotatable bonds is 12. The average molecular weight is 314 g/mol. The van der Waals surface area contributed by atoms with E-state index in [0.717, 1.165) is 38.7 Å². The summed E-state index contributed by atoms with van der Waals surface area (Å²) in [5, 5.41) is 0. The molecular weight excluding hydrogens is 280 g/mol. The van der Waals surface area contributed by atoms with Crippen LogP contribution in [0.25, 0.3) is 0 Å². The van der Waals surface area contributed by atoms with Crippen molar-refractivity contribution >= 4 is 5.97 Å². The number of methoxy groups -OCH3 is 1. The third-order valence-corrected chi connectivity index (χ3v) is 4.37. The smallest absolute Gasteiger partial charge is 0.305 e. The molecule has 2 atom stereocenters. The molecule has 0 saturated heterocycles. The number of hydrogen-bond acceptors (Lipinski definition) is 4. The molecule has 1 fully saturated rings. The van der Waals surface area contributed by atoms with E-state index in [1.54, 1.807) is 7.11 Å². The van der Waals surface area contributed by atoms with Crippen molar-refractivity contribution in [3.8, 4) is 0 Å². The van der Waals surface area contributed by atoms with Crippen molar-refractivity contribution in [1.82, 2.24) is 0 Å². The molecule has 2 unspecified atom stereocenters. The van der Waals surface area contributed by atoms with E-state index in [1.807, 2.05) is 6.92 Å². The maximum absolute atomic E-state index is 10.9. The Hall–Kier alpha value is -0.610. The average Bonchev–Trinajstić information content (AvgIpc) is 2.56. The fourth-order valence-electron chi connectivity index (χ4n) is 2.96. The number of hydrogen-bond donors (Lipinski definition) is 0. The van der Waals surface area contributed by atoms with E-state index in [1.165, 1.54) is 32.1 Å². The van der Waals surface area contributed by atoms with Gasteiger partial charge in [0.2, 0.25) is 0 Å². The van der Waals surface area contributed by atoms with Gasteiger partial charge in [-0.3, -0.25) is 4.79 Å². The molecule has 0 radical (unpaired) electrons. The van der Waals surface area contributed by atoms with Crippen LogP contribution in [0.5, 0.6) is 0 Å². The predicted molar refractivity (Wildman–Crippen MR) is 88.0 cm³/mol. The first kappa shape index (κ1) is 19.4. The summed E-state index contributed by atoms with van der Waals surface area (Å²) in [6, 6.07) is 0. The lowest BCUT2D eigenvalue weighted by Crippen LogP contribution is -2.34. The molecule has 1 aliphatic rings. The first-order chi connectivity index (χ1) is 10.8. The molecule has 0 bridgehead atoms. The summed E-state index contributed by atoms with van der Waals surface area (Å²) in [7, 11) is 1.80. The number of carbonyl (C=O) groups is 1. The highest BCUT2D eigenvalue weighted by atomic mass is 16.5. The molecule has 1 aliphatic carbocycles. The van der Waals surface area contributed by atoms with Crippen molar-refractivity contribution in [1.29, 1.82) is 0 Å². The Bertz CT molecular complexity index is 280. The summed E-state index contributed by atoms with van der Waals surface area (Å²) in [4.78, 5) is 10.9. The number of unbranched alkanes of at least 4 members (excludes halogenated alkanes) is 5. The molecule has 130 valence electrons. The fourth-order valence-corrected chi connectivity index (χ4v) is 2.96. The lowest BCUT2D eigenvalue weighted by molar-refractivity contribution is -0.143. The Kier molecular flexibility index (Phi) is 11.4. The maximum atomic E-state index is 10.9. The summed E-state index contributed by atoms with van der Waals surface area (Å²) >= 11 is 0. The summed E-state index contributed by atoms with van der Waals surface area (Å²) in [5.74, 6) is -0.0887. The van der Waals surface area contributed by atoms with Gasteiger partial charge in [0.25, 0.3) is 0 Å². The Morgan fingerprint density at radius 3 is 2.14 bits per heavy atom. The topological polar surface area (TPSA) is 44.8 Å². The van der Waals surface area contributed by atoms with E-state index in [-0.39, 0.29) is 5.97 Å². The van der Waals surface area contributed by atoms with Crippen LogP contribution in [0.1, 0.15) is 77.6 Å². The van der Waals surface area contributed by atoms with Crippen LogP contribution in [0.4, 0.5) is 0 Å². The van der Waals surface area contributed by atoms with Crippen molar-refractivity contribution in [3.05, 3.63) is 0 Å². The number of ether oxygens (including phenoxy) is 3. The summed E-state index contributed by atoms with van der Waals surface area (Å²) in [5.41, 5.74) is 0. The molecule has 4 heteroatoms. The highest BCUT2D eigenvalue weighted by Gasteiger charge is 2.25. The quantitative estimate of drug-likeness (QED) is 0.399. The summed E-state index contributed by atoms with van der Waals surface area (Å²) in [6.07, 6.45) is 12.9. The molecule has 1 saturated carbocycles. The second-order valence-electron chi connectivity index (χ2n) is 6.16. The molecule has 0 amide bonds. The molecule has 0 heterocycles. The summed E-state index contributed by atoms with van der Waals surface area (Å²) < 4.78 is 16.5. The Balaban J connectivity index is 1.86. The van der Waals surface area contributed by atoms with Gasteiger partial charge in [-0.05, 0) is 25.7 Å². The van der Waals surface area contributed by atoms with Gasteiger partial charge in [0.15, 0.2) is 0 Å². The minimum Gasteiger partial charge on any atom is -0.466 e. The van der Waals surface area contributed by atoms with Crippen molar-refractivity contribution < 1.29 is 19.0 Å². The zero-order valence-corrected chi connectivity index (χ0v) is 14.5. The van der Waals surface area contributed by atoms with Crippen molar-refractivity contribution in [3.63, 3.8) is 0 Å². The third-order valence-electron chi connectivity index (χ3n) is 4.37. The maximum Gasteiger partial charge on any atom is 0.305 e. The van der Waals surface area contributed by atoms with E-state index in [0.29, 0.717) is 25.2 Å². The Labute approximate surface area is 135 Å². The van der Waals surface area contributed by atoms with Crippen molar-refractivity contribution in [2.45, 2.75) is 89.8 Å². The second-order valence-corrected chi connectivity index (χ2v) is 6.16. The molecule has 0 N–H and O–H groups in total. The predicted octanol–water partition coefficient (Wildman–Crippen LogP) is 4.25. The molecule has 1 rings (SSSR count). The van der Waals surface area contributed by atoms with Crippen molar-refractivity contribution in [2.75, 3.05) is 20.3 Å². The lowest BCUT2D eigenvalue weighted by Gasteiger charge is -2.30. The monoisotopic (exact) mass is 314 g/mol. The zero-order chi connectivity index (χ0) is 16.0. The SMILES string of the molecule is CCC(=O)OCCCCCCCCOC1CCCCC1OC. The molecule has 0 aromatic carbocycles. The van der Waals surface area contributed by atoms with Gasteiger partial charge in [0.05, 0.1) is 18.8 Å². The van der Waals surface area contributed by atoms with Crippen LogP contribution in [0.2, 0.25) is 0 Å². The normalized spacial score (nSPS) is 21.7. The Morgan fingerprint density at radius 2 is 1.50 bits per heavy atom. The summed E-state index contributed by atoms with van der Waals surface area (Å²) in [6.45, 7) is 3.26.